The van der Waals surface area contributed by atoms with E-state index in [4.69, 9.17) is 5.73 Å². The molecule has 2 heterocycles. The highest BCUT2D eigenvalue weighted by atomic mass is 15.2. The molecule has 0 aliphatic heterocycles. The van der Waals surface area contributed by atoms with E-state index in [0.29, 0.717) is 6.54 Å². The molecule has 2 aromatic heterocycles. The SMILES string of the molecule is CC(N)CNc1nccn2nccc12. The molecule has 74 valence electrons. The Labute approximate surface area is 81.9 Å². The van der Waals surface area contributed by atoms with E-state index in [9.17, 15) is 0 Å². The lowest BCUT2D eigenvalue weighted by Gasteiger charge is -2.08. The normalized spacial score (nSPS) is 13.0. The van der Waals surface area contributed by atoms with E-state index in [-0.39, 0.29) is 6.04 Å². The van der Waals surface area contributed by atoms with Gasteiger partial charge in [0.05, 0.1) is 6.20 Å². The Bertz CT molecular complexity index is 420. The molecule has 14 heavy (non-hydrogen) atoms. The molecular weight excluding hydrogens is 178 g/mol. The van der Waals surface area contributed by atoms with Crippen molar-refractivity contribution in [1.82, 2.24) is 14.6 Å². The van der Waals surface area contributed by atoms with Crippen LogP contribution in [0.25, 0.3) is 5.52 Å². The Morgan fingerprint density at radius 1 is 1.57 bits per heavy atom. The summed E-state index contributed by atoms with van der Waals surface area (Å²) in [6, 6.07) is 2.02. The van der Waals surface area contributed by atoms with Crippen LogP contribution in [0.4, 0.5) is 5.82 Å². The number of anilines is 1. The van der Waals surface area contributed by atoms with Gasteiger partial charge in [-0.1, -0.05) is 0 Å². The molecule has 0 aliphatic rings. The van der Waals surface area contributed by atoms with Crippen LogP contribution in [0.2, 0.25) is 0 Å². The third-order valence-electron chi connectivity index (χ3n) is 1.92. The van der Waals surface area contributed by atoms with Crippen LogP contribution < -0.4 is 11.1 Å². The van der Waals surface area contributed by atoms with Crippen LogP contribution in [-0.4, -0.2) is 27.2 Å². The number of hydrogen-bond acceptors (Lipinski definition) is 4. The highest BCUT2D eigenvalue weighted by Crippen LogP contribution is 2.11. The molecule has 0 spiro atoms. The smallest absolute Gasteiger partial charge is 0.152 e. The molecule has 3 N–H and O–H groups in total. The van der Waals surface area contributed by atoms with Gasteiger partial charge in [-0.25, -0.2) is 9.50 Å². The van der Waals surface area contributed by atoms with Crippen molar-refractivity contribution in [3.63, 3.8) is 0 Å². The van der Waals surface area contributed by atoms with Crippen molar-refractivity contribution in [2.24, 2.45) is 5.73 Å². The first kappa shape index (κ1) is 8.96. The molecule has 1 unspecified atom stereocenters. The second-order valence-corrected chi connectivity index (χ2v) is 3.30. The molecule has 0 aliphatic carbocycles. The Hall–Kier alpha value is -1.62. The summed E-state index contributed by atoms with van der Waals surface area (Å²) in [5.41, 5.74) is 6.61. The lowest BCUT2D eigenvalue weighted by molar-refractivity contribution is 0.777. The van der Waals surface area contributed by atoms with E-state index < -0.39 is 0 Å². The minimum atomic E-state index is 0.111. The number of aromatic nitrogens is 3. The second kappa shape index (κ2) is 3.63. The Kier molecular flexibility index (Phi) is 2.32. The molecule has 2 rings (SSSR count). The van der Waals surface area contributed by atoms with Gasteiger partial charge in [0.2, 0.25) is 0 Å². The lowest BCUT2D eigenvalue weighted by atomic mass is 10.3. The molecule has 1 atom stereocenters. The summed E-state index contributed by atoms with van der Waals surface area (Å²) in [6.07, 6.45) is 5.27. The van der Waals surface area contributed by atoms with Crippen molar-refractivity contribution in [2.45, 2.75) is 13.0 Å². The standard InChI is InChI=1S/C9H13N5/c1-7(10)6-12-9-8-2-3-13-14(8)5-4-11-9/h2-5,7H,6,10H2,1H3,(H,11,12). The Morgan fingerprint density at radius 2 is 2.43 bits per heavy atom. The number of hydrogen-bond donors (Lipinski definition) is 2. The predicted molar refractivity (Wildman–Crippen MR) is 55.1 cm³/mol. The first-order valence-electron chi connectivity index (χ1n) is 4.55. The molecule has 5 heteroatoms. The number of nitrogens with zero attached hydrogens (tertiary/aromatic N) is 3. The van der Waals surface area contributed by atoms with Gasteiger partial charge < -0.3 is 11.1 Å². The first-order valence-corrected chi connectivity index (χ1v) is 4.55. The third-order valence-corrected chi connectivity index (χ3v) is 1.92. The van der Waals surface area contributed by atoms with Crippen LogP contribution in [-0.2, 0) is 0 Å². The number of nitrogens with two attached hydrogens (primary N) is 1. The van der Waals surface area contributed by atoms with Crippen LogP contribution in [0.1, 0.15) is 6.92 Å². The minimum Gasteiger partial charge on any atom is -0.367 e. The number of fused-ring (bicyclic) bond motifs is 1. The van der Waals surface area contributed by atoms with Crippen molar-refractivity contribution >= 4 is 11.3 Å². The summed E-state index contributed by atoms with van der Waals surface area (Å²) in [6.45, 7) is 2.65. The van der Waals surface area contributed by atoms with Gasteiger partial charge in [-0.15, -0.1) is 0 Å². The maximum absolute atomic E-state index is 5.65. The van der Waals surface area contributed by atoms with E-state index in [1.807, 2.05) is 19.2 Å². The van der Waals surface area contributed by atoms with E-state index in [0.717, 1.165) is 11.3 Å². The summed E-state index contributed by atoms with van der Waals surface area (Å²) in [4.78, 5) is 4.22. The highest BCUT2D eigenvalue weighted by Gasteiger charge is 2.02. The molecule has 0 saturated heterocycles. The quantitative estimate of drug-likeness (QED) is 0.740. The zero-order chi connectivity index (χ0) is 9.97. The molecule has 2 aromatic rings. The zero-order valence-corrected chi connectivity index (χ0v) is 8.01. The van der Waals surface area contributed by atoms with Crippen molar-refractivity contribution < 1.29 is 0 Å². The predicted octanol–water partition coefficient (Wildman–Crippen LogP) is 0.488. The summed E-state index contributed by atoms with van der Waals surface area (Å²) in [5.74, 6) is 0.822. The van der Waals surface area contributed by atoms with Crippen LogP contribution in [0.3, 0.4) is 0 Å². The average Bonchev–Trinajstić information content (AvgIpc) is 2.62. The van der Waals surface area contributed by atoms with Gasteiger partial charge in [0, 0.05) is 25.0 Å². The fourth-order valence-electron chi connectivity index (χ4n) is 1.25. The molecule has 0 bridgehead atoms. The molecule has 0 radical (unpaired) electrons. The van der Waals surface area contributed by atoms with Crippen molar-refractivity contribution in [2.75, 3.05) is 11.9 Å². The molecule has 0 fully saturated rings. The van der Waals surface area contributed by atoms with Gasteiger partial charge in [0.1, 0.15) is 5.52 Å². The van der Waals surface area contributed by atoms with Gasteiger partial charge in [0.25, 0.3) is 0 Å². The fourth-order valence-corrected chi connectivity index (χ4v) is 1.25. The van der Waals surface area contributed by atoms with Gasteiger partial charge in [0.15, 0.2) is 5.82 Å². The number of nitrogens with one attached hydrogen (secondary N) is 1. The average molecular weight is 191 g/mol. The summed E-state index contributed by atoms with van der Waals surface area (Å²) in [7, 11) is 0. The van der Waals surface area contributed by atoms with Crippen LogP contribution in [0.5, 0.6) is 0 Å². The minimum absolute atomic E-state index is 0.111. The Morgan fingerprint density at radius 3 is 3.21 bits per heavy atom. The second-order valence-electron chi connectivity index (χ2n) is 3.30. The first-order chi connectivity index (χ1) is 6.77. The van der Waals surface area contributed by atoms with Crippen LogP contribution in [0, 0.1) is 0 Å². The van der Waals surface area contributed by atoms with E-state index >= 15 is 0 Å². The molecule has 5 nitrogen and oxygen atoms in total. The van der Waals surface area contributed by atoms with E-state index in [1.54, 1.807) is 16.9 Å². The van der Waals surface area contributed by atoms with Crippen molar-refractivity contribution in [3.05, 3.63) is 24.7 Å². The third kappa shape index (κ3) is 1.67. The molecular formula is C9H13N5. The van der Waals surface area contributed by atoms with Gasteiger partial charge >= 0.3 is 0 Å². The largest absolute Gasteiger partial charge is 0.367 e. The monoisotopic (exact) mass is 191 g/mol. The van der Waals surface area contributed by atoms with Gasteiger partial charge in [-0.2, -0.15) is 5.10 Å². The Balaban J connectivity index is 2.27. The zero-order valence-electron chi connectivity index (χ0n) is 8.01. The summed E-state index contributed by atoms with van der Waals surface area (Å²) >= 11 is 0. The number of rotatable bonds is 3. The summed E-state index contributed by atoms with van der Waals surface area (Å²) in [5, 5.41) is 7.29. The van der Waals surface area contributed by atoms with Crippen molar-refractivity contribution in [3.8, 4) is 0 Å². The summed E-state index contributed by atoms with van der Waals surface area (Å²) < 4.78 is 1.77. The van der Waals surface area contributed by atoms with Crippen molar-refractivity contribution in [1.29, 1.82) is 0 Å². The topological polar surface area (TPSA) is 68.2 Å². The molecule has 0 amide bonds. The lowest BCUT2D eigenvalue weighted by Crippen LogP contribution is -2.25. The van der Waals surface area contributed by atoms with Gasteiger partial charge in [-0.3, -0.25) is 0 Å². The maximum atomic E-state index is 5.65. The highest BCUT2D eigenvalue weighted by molar-refractivity contribution is 5.66. The van der Waals surface area contributed by atoms with Gasteiger partial charge in [-0.05, 0) is 13.0 Å². The fraction of sp³-hybridized carbons (Fsp3) is 0.333. The van der Waals surface area contributed by atoms with E-state index in [1.165, 1.54) is 0 Å². The van der Waals surface area contributed by atoms with Crippen LogP contribution >= 0.6 is 0 Å². The maximum Gasteiger partial charge on any atom is 0.152 e. The van der Waals surface area contributed by atoms with Crippen LogP contribution in [0.15, 0.2) is 24.7 Å². The molecule has 0 aromatic carbocycles. The molecule has 0 saturated carbocycles. The van der Waals surface area contributed by atoms with E-state index in [2.05, 4.69) is 15.4 Å².